The van der Waals surface area contributed by atoms with Crippen molar-refractivity contribution in [1.29, 1.82) is 0 Å². The second kappa shape index (κ2) is 6.29. The van der Waals surface area contributed by atoms with E-state index in [1.807, 2.05) is 31.1 Å². The van der Waals surface area contributed by atoms with Gasteiger partial charge in [0.05, 0.1) is 17.8 Å². The Labute approximate surface area is 140 Å². The number of nitrogens with zero attached hydrogens (tertiary/aromatic N) is 6. The number of rotatable bonds is 4. The number of tetrazole rings is 1. The van der Waals surface area contributed by atoms with E-state index < -0.39 is 5.60 Å². The van der Waals surface area contributed by atoms with Crippen LogP contribution < -0.4 is 0 Å². The van der Waals surface area contributed by atoms with Gasteiger partial charge in [-0.05, 0) is 56.1 Å². The van der Waals surface area contributed by atoms with Crippen LogP contribution in [0.5, 0.6) is 0 Å². The molecule has 1 saturated heterocycles. The first-order chi connectivity index (χ1) is 11.4. The number of aliphatic hydroxyl groups is 1. The highest BCUT2D eigenvalue weighted by Gasteiger charge is 2.38. The maximum absolute atomic E-state index is 12.8. The summed E-state index contributed by atoms with van der Waals surface area (Å²) in [7, 11) is 3.83. The number of aromatic nitrogens is 4. The molecule has 3 rings (SSSR count). The predicted molar refractivity (Wildman–Crippen MR) is 87.9 cm³/mol. The third-order valence-corrected chi connectivity index (χ3v) is 4.19. The van der Waals surface area contributed by atoms with Crippen LogP contribution in [0.15, 0.2) is 24.3 Å². The maximum atomic E-state index is 12.8. The Hall–Kier alpha value is -2.32. The molecule has 2 heterocycles. The monoisotopic (exact) mass is 330 g/mol. The van der Waals surface area contributed by atoms with E-state index in [2.05, 4.69) is 15.5 Å². The van der Waals surface area contributed by atoms with E-state index in [1.54, 1.807) is 28.6 Å². The number of hydrogen-bond acceptors (Lipinski definition) is 6. The lowest BCUT2D eigenvalue weighted by Crippen LogP contribution is -2.43. The van der Waals surface area contributed by atoms with Crippen molar-refractivity contribution in [2.24, 2.45) is 0 Å². The van der Waals surface area contributed by atoms with E-state index in [0.717, 1.165) is 5.69 Å². The van der Waals surface area contributed by atoms with Crippen LogP contribution >= 0.6 is 0 Å². The number of β-amino-alcohol motifs (C(OH)–C–C–N with tert-alkyl or cyclic N) is 1. The molecule has 1 aromatic heterocycles. The van der Waals surface area contributed by atoms with Crippen LogP contribution in [0.1, 0.15) is 22.6 Å². The fourth-order valence-corrected chi connectivity index (χ4v) is 3.17. The molecule has 8 nitrogen and oxygen atoms in total. The molecule has 128 valence electrons. The maximum Gasteiger partial charge on any atom is 0.254 e. The molecule has 1 atom stereocenters. The third-order valence-electron chi connectivity index (χ3n) is 4.19. The van der Waals surface area contributed by atoms with Crippen molar-refractivity contribution in [2.75, 3.05) is 33.7 Å². The number of carbonyl (C=O) groups is 1. The highest BCUT2D eigenvalue weighted by molar-refractivity contribution is 5.95. The fourth-order valence-electron chi connectivity index (χ4n) is 3.17. The number of likely N-dealkylation sites (N-methyl/N-ethyl adjacent to an activating group) is 1. The van der Waals surface area contributed by atoms with Crippen LogP contribution in [0.2, 0.25) is 0 Å². The lowest BCUT2D eigenvalue weighted by Gasteiger charge is -2.26. The Morgan fingerprint density at radius 3 is 2.88 bits per heavy atom. The topological polar surface area (TPSA) is 87.4 Å². The van der Waals surface area contributed by atoms with Gasteiger partial charge in [-0.1, -0.05) is 6.07 Å². The minimum atomic E-state index is -0.844. The first-order valence-corrected chi connectivity index (χ1v) is 7.90. The normalized spacial score (nSPS) is 20.8. The highest BCUT2D eigenvalue weighted by Crippen LogP contribution is 2.24. The molecular weight excluding hydrogens is 308 g/mol. The van der Waals surface area contributed by atoms with Crippen LogP contribution in [0.4, 0.5) is 0 Å². The van der Waals surface area contributed by atoms with Crippen molar-refractivity contribution < 1.29 is 9.90 Å². The Morgan fingerprint density at radius 1 is 1.42 bits per heavy atom. The van der Waals surface area contributed by atoms with Gasteiger partial charge in [0.2, 0.25) is 0 Å². The molecule has 0 saturated carbocycles. The first-order valence-electron chi connectivity index (χ1n) is 7.90. The summed E-state index contributed by atoms with van der Waals surface area (Å²) in [4.78, 5) is 16.4. The van der Waals surface area contributed by atoms with Crippen molar-refractivity contribution >= 4 is 5.91 Å². The smallest absolute Gasteiger partial charge is 0.254 e. The molecule has 1 amide bonds. The minimum Gasteiger partial charge on any atom is -0.387 e. The van der Waals surface area contributed by atoms with Crippen molar-refractivity contribution in [1.82, 2.24) is 30.0 Å². The van der Waals surface area contributed by atoms with Crippen LogP contribution in [0.3, 0.4) is 0 Å². The molecule has 1 fully saturated rings. The highest BCUT2D eigenvalue weighted by atomic mass is 16.3. The standard InChI is InChI=1S/C16H22N6O2/c1-12-17-18-19-22(12)14-6-4-5-13(9-14)15(23)21-8-7-16(24,11-21)10-20(2)3/h4-6,9,24H,7-8,10-11H2,1-3H3/t16-/m0/s1. The van der Waals surface area contributed by atoms with E-state index in [4.69, 9.17) is 0 Å². The van der Waals surface area contributed by atoms with Gasteiger partial charge in [-0.3, -0.25) is 4.79 Å². The Bertz CT molecular complexity index is 744. The van der Waals surface area contributed by atoms with Crippen molar-refractivity contribution in [3.05, 3.63) is 35.7 Å². The van der Waals surface area contributed by atoms with E-state index in [9.17, 15) is 9.90 Å². The lowest BCUT2D eigenvalue weighted by atomic mass is 10.0. The summed E-state index contributed by atoms with van der Waals surface area (Å²) in [6, 6.07) is 7.21. The number of hydrogen-bond donors (Lipinski definition) is 1. The molecule has 1 N–H and O–H groups in total. The molecule has 0 spiro atoms. The Kier molecular flexibility index (Phi) is 4.33. The molecule has 0 unspecified atom stereocenters. The number of likely N-dealkylation sites (tertiary alicyclic amines) is 1. The van der Waals surface area contributed by atoms with Gasteiger partial charge in [0.15, 0.2) is 5.82 Å². The van der Waals surface area contributed by atoms with Gasteiger partial charge in [-0.2, -0.15) is 4.68 Å². The van der Waals surface area contributed by atoms with E-state index in [-0.39, 0.29) is 5.91 Å². The fraction of sp³-hybridized carbons (Fsp3) is 0.500. The van der Waals surface area contributed by atoms with Gasteiger partial charge in [0, 0.05) is 18.7 Å². The molecule has 1 aliphatic heterocycles. The van der Waals surface area contributed by atoms with Gasteiger partial charge in [-0.25, -0.2) is 0 Å². The van der Waals surface area contributed by atoms with Gasteiger partial charge >= 0.3 is 0 Å². The van der Waals surface area contributed by atoms with Crippen molar-refractivity contribution in [3.8, 4) is 5.69 Å². The molecular formula is C16H22N6O2. The van der Waals surface area contributed by atoms with Crippen molar-refractivity contribution in [2.45, 2.75) is 18.9 Å². The second-order valence-electron chi connectivity index (χ2n) is 6.63. The summed E-state index contributed by atoms with van der Waals surface area (Å²) in [5.74, 6) is 0.568. The molecule has 24 heavy (non-hydrogen) atoms. The van der Waals surface area contributed by atoms with E-state index in [1.165, 1.54) is 0 Å². The first kappa shape index (κ1) is 16.5. The SMILES string of the molecule is Cc1nnnn1-c1cccc(C(=O)N2CC[C@](O)(CN(C)C)C2)c1. The summed E-state index contributed by atoms with van der Waals surface area (Å²) in [6.07, 6.45) is 0.586. The summed E-state index contributed by atoms with van der Waals surface area (Å²) < 4.78 is 1.59. The van der Waals surface area contributed by atoms with Gasteiger partial charge in [0.1, 0.15) is 0 Å². The third kappa shape index (κ3) is 3.29. The predicted octanol–water partition coefficient (Wildman–Crippen LogP) is 0.109. The minimum absolute atomic E-state index is 0.0859. The van der Waals surface area contributed by atoms with Crippen LogP contribution in [-0.4, -0.2) is 80.4 Å². The number of aryl methyl sites for hydroxylation is 1. The summed E-state index contributed by atoms with van der Waals surface area (Å²) in [6.45, 7) is 3.24. The molecule has 0 radical (unpaired) electrons. The average molecular weight is 330 g/mol. The molecule has 1 aliphatic rings. The van der Waals surface area contributed by atoms with Crippen LogP contribution in [0.25, 0.3) is 5.69 Å². The van der Waals surface area contributed by atoms with Crippen molar-refractivity contribution in [3.63, 3.8) is 0 Å². The van der Waals surface area contributed by atoms with E-state index >= 15 is 0 Å². The Balaban J connectivity index is 1.78. The van der Waals surface area contributed by atoms with Gasteiger partial charge in [0.25, 0.3) is 5.91 Å². The number of carbonyl (C=O) groups excluding carboxylic acids is 1. The summed E-state index contributed by atoms with van der Waals surface area (Å²) in [5.41, 5.74) is 0.464. The van der Waals surface area contributed by atoms with Gasteiger partial charge in [-0.15, -0.1) is 5.10 Å². The molecule has 2 aromatic rings. The Morgan fingerprint density at radius 2 is 2.21 bits per heavy atom. The van der Waals surface area contributed by atoms with E-state index in [0.29, 0.717) is 37.4 Å². The zero-order valence-electron chi connectivity index (χ0n) is 14.2. The zero-order chi connectivity index (χ0) is 17.3. The largest absolute Gasteiger partial charge is 0.387 e. The lowest BCUT2D eigenvalue weighted by molar-refractivity contribution is 0.0236. The van der Waals surface area contributed by atoms with Gasteiger partial charge < -0.3 is 14.9 Å². The molecule has 0 aliphatic carbocycles. The molecule has 0 bridgehead atoms. The molecule has 1 aromatic carbocycles. The zero-order valence-corrected chi connectivity index (χ0v) is 14.2. The number of benzene rings is 1. The summed E-state index contributed by atoms with van der Waals surface area (Å²) >= 11 is 0. The quantitative estimate of drug-likeness (QED) is 0.856. The second-order valence-corrected chi connectivity index (χ2v) is 6.63. The molecule has 8 heteroatoms. The number of amides is 1. The van der Waals surface area contributed by atoms with Crippen LogP contribution in [0, 0.1) is 6.92 Å². The van der Waals surface area contributed by atoms with Crippen LogP contribution in [-0.2, 0) is 0 Å². The average Bonchev–Trinajstić information content (AvgIpc) is 3.12. The summed E-state index contributed by atoms with van der Waals surface area (Å²) in [5, 5.41) is 22.0.